The van der Waals surface area contributed by atoms with Gasteiger partial charge in [-0.25, -0.2) is 0 Å². The Hall–Kier alpha value is -0.880. The van der Waals surface area contributed by atoms with Gasteiger partial charge in [0.2, 0.25) is 0 Å². The Balaban J connectivity index is 1.72. The van der Waals surface area contributed by atoms with E-state index in [0.29, 0.717) is 6.54 Å². The van der Waals surface area contributed by atoms with Crippen molar-refractivity contribution >= 4 is 27.3 Å². The number of rotatable bonds is 7. The third kappa shape index (κ3) is 5.43. The van der Waals surface area contributed by atoms with Gasteiger partial charge < -0.3 is 15.2 Å². The quantitative estimate of drug-likeness (QED) is 0.777. The lowest BCUT2D eigenvalue weighted by Crippen LogP contribution is -2.32. The van der Waals surface area contributed by atoms with E-state index in [-0.39, 0.29) is 12.6 Å². The first kappa shape index (κ1) is 16.5. The standard InChI is InChI=1S/C16H20BrNO2S/c1-11-3-8-16(21-11)12(2)18-9-14(19)10-20-15-6-4-13(17)5-7-15/h3-8,12,14,18-19H,9-10H2,1-2H3. The van der Waals surface area contributed by atoms with Crippen molar-refractivity contribution in [2.75, 3.05) is 13.2 Å². The van der Waals surface area contributed by atoms with Crippen molar-refractivity contribution < 1.29 is 9.84 Å². The van der Waals surface area contributed by atoms with Crippen LogP contribution in [0.4, 0.5) is 0 Å². The lowest BCUT2D eigenvalue weighted by atomic mass is 10.2. The molecule has 1 aromatic carbocycles. The van der Waals surface area contributed by atoms with E-state index in [1.165, 1.54) is 9.75 Å². The minimum Gasteiger partial charge on any atom is -0.491 e. The second kappa shape index (κ2) is 7.94. The molecule has 0 fully saturated rings. The molecule has 1 aromatic heterocycles. The van der Waals surface area contributed by atoms with Crippen LogP contribution in [0.1, 0.15) is 22.7 Å². The van der Waals surface area contributed by atoms with Crippen molar-refractivity contribution in [2.24, 2.45) is 0 Å². The Kier molecular flexibility index (Phi) is 6.23. The van der Waals surface area contributed by atoms with Gasteiger partial charge in [-0.05, 0) is 50.2 Å². The summed E-state index contributed by atoms with van der Waals surface area (Å²) in [5.41, 5.74) is 0. The van der Waals surface area contributed by atoms with Crippen molar-refractivity contribution in [1.82, 2.24) is 5.32 Å². The number of aryl methyl sites for hydroxylation is 1. The zero-order valence-corrected chi connectivity index (χ0v) is 14.6. The molecule has 5 heteroatoms. The average Bonchev–Trinajstić information content (AvgIpc) is 2.91. The first-order valence-corrected chi connectivity index (χ1v) is 8.51. The molecule has 0 saturated carbocycles. The molecule has 0 spiro atoms. The van der Waals surface area contributed by atoms with Crippen LogP contribution in [0.2, 0.25) is 0 Å². The van der Waals surface area contributed by atoms with Crippen molar-refractivity contribution in [3.8, 4) is 5.75 Å². The topological polar surface area (TPSA) is 41.5 Å². The smallest absolute Gasteiger partial charge is 0.119 e. The Morgan fingerprint density at radius 2 is 1.95 bits per heavy atom. The molecule has 2 aromatic rings. The van der Waals surface area contributed by atoms with Gasteiger partial charge in [0.05, 0.1) is 0 Å². The van der Waals surface area contributed by atoms with Crippen LogP contribution in [0.25, 0.3) is 0 Å². The minimum absolute atomic E-state index is 0.242. The van der Waals surface area contributed by atoms with E-state index in [9.17, 15) is 5.11 Å². The van der Waals surface area contributed by atoms with Gasteiger partial charge in [0.15, 0.2) is 0 Å². The molecule has 3 nitrogen and oxygen atoms in total. The predicted molar refractivity (Wildman–Crippen MR) is 91.1 cm³/mol. The third-order valence-corrected chi connectivity index (χ3v) is 4.82. The van der Waals surface area contributed by atoms with Crippen molar-refractivity contribution in [3.05, 3.63) is 50.6 Å². The van der Waals surface area contributed by atoms with E-state index >= 15 is 0 Å². The summed E-state index contributed by atoms with van der Waals surface area (Å²) < 4.78 is 6.57. The number of hydrogen-bond donors (Lipinski definition) is 2. The normalized spacial score (nSPS) is 13.9. The molecule has 0 amide bonds. The maximum absolute atomic E-state index is 9.97. The molecule has 2 N–H and O–H groups in total. The minimum atomic E-state index is -0.530. The molecule has 2 unspecified atom stereocenters. The third-order valence-electron chi connectivity index (χ3n) is 3.10. The van der Waals surface area contributed by atoms with Gasteiger partial charge in [0.1, 0.15) is 18.5 Å². The fraction of sp³-hybridized carbons (Fsp3) is 0.375. The summed E-state index contributed by atoms with van der Waals surface area (Å²) in [6.07, 6.45) is -0.530. The average molecular weight is 370 g/mol. The highest BCUT2D eigenvalue weighted by Crippen LogP contribution is 2.22. The van der Waals surface area contributed by atoms with Crippen LogP contribution in [-0.2, 0) is 0 Å². The summed E-state index contributed by atoms with van der Waals surface area (Å²) in [4.78, 5) is 2.59. The largest absolute Gasteiger partial charge is 0.491 e. The highest BCUT2D eigenvalue weighted by Gasteiger charge is 2.10. The van der Waals surface area contributed by atoms with Crippen LogP contribution >= 0.6 is 27.3 Å². The number of halogens is 1. The maximum atomic E-state index is 9.97. The summed E-state index contributed by atoms with van der Waals surface area (Å²) in [5, 5.41) is 13.3. The monoisotopic (exact) mass is 369 g/mol. The summed E-state index contributed by atoms with van der Waals surface area (Å²) in [7, 11) is 0. The molecule has 1 heterocycles. The zero-order chi connectivity index (χ0) is 15.2. The second-order valence-electron chi connectivity index (χ2n) is 5.00. The van der Waals surface area contributed by atoms with Crippen LogP contribution < -0.4 is 10.1 Å². The number of nitrogens with one attached hydrogen (secondary N) is 1. The van der Waals surface area contributed by atoms with Gasteiger partial charge in [-0.3, -0.25) is 0 Å². The van der Waals surface area contributed by atoms with Crippen LogP contribution in [0, 0.1) is 6.92 Å². The molecule has 0 aliphatic carbocycles. The van der Waals surface area contributed by atoms with E-state index in [4.69, 9.17) is 4.74 Å². The molecule has 0 radical (unpaired) electrons. The summed E-state index contributed by atoms with van der Waals surface area (Å²) in [5.74, 6) is 0.763. The van der Waals surface area contributed by atoms with Crippen molar-refractivity contribution in [1.29, 1.82) is 0 Å². The first-order chi connectivity index (χ1) is 10.0. The number of aliphatic hydroxyl groups excluding tert-OH is 1. The van der Waals surface area contributed by atoms with Gasteiger partial charge in [0.25, 0.3) is 0 Å². The number of benzene rings is 1. The molecule has 2 rings (SSSR count). The molecule has 0 bridgehead atoms. The summed E-state index contributed by atoms with van der Waals surface area (Å²) in [6, 6.07) is 12.1. The van der Waals surface area contributed by atoms with Crippen molar-refractivity contribution in [3.63, 3.8) is 0 Å². The lowest BCUT2D eigenvalue weighted by molar-refractivity contribution is 0.104. The molecule has 0 aliphatic heterocycles. The fourth-order valence-corrected chi connectivity index (χ4v) is 3.05. The van der Waals surface area contributed by atoms with E-state index in [0.717, 1.165) is 10.2 Å². The van der Waals surface area contributed by atoms with E-state index in [2.05, 4.69) is 47.2 Å². The van der Waals surface area contributed by atoms with Gasteiger partial charge in [-0.1, -0.05) is 15.9 Å². The maximum Gasteiger partial charge on any atom is 0.119 e. The number of thiophene rings is 1. The Morgan fingerprint density at radius 1 is 1.24 bits per heavy atom. The van der Waals surface area contributed by atoms with Crippen LogP contribution in [0.3, 0.4) is 0 Å². The predicted octanol–water partition coefficient (Wildman–Crippen LogP) is 3.91. The summed E-state index contributed by atoms with van der Waals surface area (Å²) >= 11 is 5.16. The molecular weight excluding hydrogens is 350 g/mol. The molecule has 0 aliphatic rings. The van der Waals surface area contributed by atoms with Gasteiger partial charge in [0, 0.05) is 26.8 Å². The highest BCUT2D eigenvalue weighted by molar-refractivity contribution is 9.10. The van der Waals surface area contributed by atoms with Gasteiger partial charge >= 0.3 is 0 Å². The van der Waals surface area contributed by atoms with E-state index < -0.39 is 6.10 Å². The Morgan fingerprint density at radius 3 is 2.57 bits per heavy atom. The summed E-state index contributed by atoms with van der Waals surface area (Å²) in [6.45, 7) is 4.99. The lowest BCUT2D eigenvalue weighted by Gasteiger charge is -2.16. The first-order valence-electron chi connectivity index (χ1n) is 6.91. The molecular formula is C16H20BrNO2S. The van der Waals surface area contributed by atoms with Crippen LogP contribution in [0.5, 0.6) is 5.75 Å². The van der Waals surface area contributed by atoms with Gasteiger partial charge in [-0.2, -0.15) is 0 Å². The number of hydrogen-bond acceptors (Lipinski definition) is 4. The van der Waals surface area contributed by atoms with E-state index in [1.54, 1.807) is 11.3 Å². The second-order valence-corrected chi connectivity index (χ2v) is 7.23. The molecule has 2 atom stereocenters. The number of aliphatic hydroxyl groups is 1. The molecule has 0 saturated heterocycles. The molecule has 114 valence electrons. The Labute approximate surface area is 138 Å². The molecule has 21 heavy (non-hydrogen) atoms. The fourth-order valence-electron chi connectivity index (χ4n) is 1.88. The van der Waals surface area contributed by atoms with Crippen molar-refractivity contribution in [2.45, 2.75) is 26.0 Å². The Bertz CT molecular complexity index is 556. The van der Waals surface area contributed by atoms with Crippen LogP contribution in [-0.4, -0.2) is 24.4 Å². The van der Waals surface area contributed by atoms with E-state index in [1.807, 2.05) is 24.3 Å². The van der Waals surface area contributed by atoms with Gasteiger partial charge in [-0.15, -0.1) is 11.3 Å². The highest BCUT2D eigenvalue weighted by atomic mass is 79.9. The number of ether oxygens (including phenoxy) is 1. The van der Waals surface area contributed by atoms with Crippen LogP contribution in [0.15, 0.2) is 40.9 Å². The zero-order valence-electron chi connectivity index (χ0n) is 12.2. The SMILES string of the molecule is Cc1ccc(C(C)NCC(O)COc2ccc(Br)cc2)s1.